The molecule has 1 atom stereocenters. The number of nitrogens with one attached hydrogen (secondary N) is 1. The molecule has 2 aromatic rings. The van der Waals surface area contributed by atoms with E-state index >= 15 is 0 Å². The topological polar surface area (TPSA) is 94.2 Å². The third kappa shape index (κ3) is 5.06. The highest BCUT2D eigenvalue weighted by Crippen LogP contribution is 2.33. The third-order valence-corrected chi connectivity index (χ3v) is 7.26. The maximum absolute atomic E-state index is 13.2. The summed E-state index contributed by atoms with van der Waals surface area (Å²) in [6, 6.07) is 9.36. The molecule has 0 aromatic heterocycles. The van der Waals surface area contributed by atoms with Crippen LogP contribution in [0.25, 0.3) is 0 Å². The van der Waals surface area contributed by atoms with E-state index in [1.165, 1.54) is 37.8 Å². The Hall–Kier alpha value is -2.49. The van der Waals surface area contributed by atoms with Gasteiger partial charge in [-0.1, -0.05) is 11.6 Å². The van der Waals surface area contributed by atoms with Crippen LogP contribution in [0, 0.1) is 5.92 Å². The molecule has 1 fully saturated rings. The molecule has 0 aliphatic carbocycles. The number of sulfonamides is 1. The molecule has 0 bridgehead atoms. The zero-order valence-corrected chi connectivity index (χ0v) is 19.1. The minimum Gasteiger partial charge on any atom is -0.495 e. The first-order chi connectivity index (χ1) is 14.8. The highest BCUT2D eigenvalue weighted by atomic mass is 35.5. The van der Waals surface area contributed by atoms with Crippen molar-refractivity contribution < 1.29 is 27.4 Å². The lowest BCUT2D eigenvalue weighted by Gasteiger charge is -2.31. The van der Waals surface area contributed by atoms with Crippen molar-refractivity contribution in [3.8, 4) is 17.2 Å². The number of carbonyl (C=O) groups is 1. The van der Waals surface area contributed by atoms with Crippen LogP contribution in [0.15, 0.2) is 41.3 Å². The van der Waals surface area contributed by atoms with Crippen LogP contribution in [0.3, 0.4) is 0 Å². The second-order valence-electron chi connectivity index (χ2n) is 7.05. The number of amides is 1. The van der Waals surface area contributed by atoms with E-state index in [1.807, 2.05) is 0 Å². The van der Waals surface area contributed by atoms with E-state index < -0.39 is 15.9 Å². The smallest absolute Gasteiger partial charge is 0.243 e. The summed E-state index contributed by atoms with van der Waals surface area (Å²) < 4.78 is 43.4. The second kappa shape index (κ2) is 9.76. The number of methoxy groups -OCH3 is 3. The second-order valence-corrected chi connectivity index (χ2v) is 9.43. The number of halogens is 1. The first-order valence-electron chi connectivity index (χ1n) is 9.66. The van der Waals surface area contributed by atoms with E-state index in [1.54, 1.807) is 24.3 Å². The average Bonchev–Trinajstić information content (AvgIpc) is 2.78. The molecule has 10 heteroatoms. The first kappa shape index (κ1) is 23.2. The van der Waals surface area contributed by atoms with Gasteiger partial charge in [0.15, 0.2) is 11.5 Å². The molecular weight excluding hydrogens is 444 g/mol. The number of ether oxygens (including phenoxy) is 3. The quantitative estimate of drug-likeness (QED) is 0.669. The fourth-order valence-electron chi connectivity index (χ4n) is 3.51. The van der Waals surface area contributed by atoms with Gasteiger partial charge in [-0.25, -0.2) is 8.42 Å². The number of rotatable bonds is 7. The first-order valence-corrected chi connectivity index (χ1v) is 11.5. The standard InChI is InChI=1S/C21H25ClN2O6S/c1-28-18-8-6-15(22)11-17(18)23-21(25)14-5-4-10-24(13-14)31(26,27)16-7-9-19(29-2)20(12-16)30-3/h6-9,11-12,14H,4-5,10,13H2,1-3H3,(H,23,25)/t14-/m0/s1. The highest BCUT2D eigenvalue weighted by molar-refractivity contribution is 7.89. The van der Waals surface area contributed by atoms with Gasteiger partial charge in [0, 0.05) is 24.2 Å². The van der Waals surface area contributed by atoms with Crippen molar-refractivity contribution >= 4 is 33.2 Å². The van der Waals surface area contributed by atoms with E-state index in [2.05, 4.69) is 5.32 Å². The number of hydrogen-bond acceptors (Lipinski definition) is 6. The molecule has 0 radical (unpaired) electrons. The van der Waals surface area contributed by atoms with Crippen molar-refractivity contribution in [2.24, 2.45) is 5.92 Å². The molecule has 8 nitrogen and oxygen atoms in total. The van der Waals surface area contributed by atoms with Crippen molar-refractivity contribution in [2.45, 2.75) is 17.7 Å². The van der Waals surface area contributed by atoms with Crippen LogP contribution in [0.1, 0.15) is 12.8 Å². The number of carbonyl (C=O) groups excluding carboxylic acids is 1. The summed E-state index contributed by atoms with van der Waals surface area (Å²) in [6.07, 6.45) is 1.14. The predicted molar refractivity (Wildman–Crippen MR) is 118 cm³/mol. The molecule has 168 valence electrons. The number of anilines is 1. The molecule has 1 amide bonds. The van der Waals surface area contributed by atoms with E-state index in [0.717, 1.165) is 0 Å². The lowest BCUT2D eigenvalue weighted by molar-refractivity contribution is -0.120. The monoisotopic (exact) mass is 468 g/mol. The van der Waals surface area contributed by atoms with Crippen LogP contribution in [0.4, 0.5) is 5.69 Å². The summed E-state index contributed by atoms with van der Waals surface area (Å²) in [5.74, 6) is 0.444. The Morgan fingerprint density at radius 1 is 1.03 bits per heavy atom. The summed E-state index contributed by atoms with van der Waals surface area (Å²) in [6.45, 7) is 0.409. The lowest BCUT2D eigenvalue weighted by atomic mass is 9.98. The summed E-state index contributed by atoms with van der Waals surface area (Å²) in [5, 5.41) is 3.27. The summed E-state index contributed by atoms with van der Waals surface area (Å²) in [5.41, 5.74) is 0.444. The van der Waals surface area contributed by atoms with Gasteiger partial charge in [-0.15, -0.1) is 0 Å². The Kier molecular flexibility index (Phi) is 7.30. The van der Waals surface area contributed by atoms with Gasteiger partial charge in [-0.05, 0) is 43.2 Å². The van der Waals surface area contributed by atoms with Crippen LogP contribution in [0.2, 0.25) is 5.02 Å². The Morgan fingerprint density at radius 3 is 2.39 bits per heavy atom. The Balaban J connectivity index is 1.78. The number of nitrogens with zero attached hydrogens (tertiary/aromatic N) is 1. The average molecular weight is 469 g/mol. The zero-order chi connectivity index (χ0) is 22.6. The summed E-state index contributed by atoms with van der Waals surface area (Å²) in [4.78, 5) is 13.0. The van der Waals surface area contributed by atoms with Gasteiger partial charge in [-0.3, -0.25) is 4.79 Å². The molecule has 31 heavy (non-hydrogen) atoms. The number of benzene rings is 2. The zero-order valence-electron chi connectivity index (χ0n) is 17.6. The van der Waals surface area contributed by atoms with Gasteiger partial charge in [0.1, 0.15) is 5.75 Å². The van der Waals surface area contributed by atoms with Crippen LogP contribution in [-0.2, 0) is 14.8 Å². The maximum atomic E-state index is 13.2. The fraction of sp³-hybridized carbons (Fsp3) is 0.381. The molecule has 1 aliphatic rings. The largest absolute Gasteiger partial charge is 0.495 e. The van der Waals surface area contributed by atoms with Crippen LogP contribution in [-0.4, -0.2) is 53.0 Å². The Bertz CT molecular complexity index is 1060. The minimum atomic E-state index is -3.81. The van der Waals surface area contributed by atoms with Gasteiger partial charge in [0.25, 0.3) is 0 Å². The van der Waals surface area contributed by atoms with E-state index in [0.29, 0.717) is 47.3 Å². The van der Waals surface area contributed by atoms with Crippen LogP contribution < -0.4 is 19.5 Å². The predicted octanol–water partition coefficient (Wildman–Crippen LogP) is 3.41. The maximum Gasteiger partial charge on any atom is 0.243 e. The number of hydrogen-bond donors (Lipinski definition) is 1. The van der Waals surface area contributed by atoms with Crippen molar-refractivity contribution in [1.82, 2.24) is 4.31 Å². The van der Waals surface area contributed by atoms with E-state index in [4.69, 9.17) is 25.8 Å². The molecule has 0 spiro atoms. The van der Waals surface area contributed by atoms with E-state index in [9.17, 15) is 13.2 Å². The van der Waals surface area contributed by atoms with Crippen LogP contribution in [0.5, 0.6) is 17.2 Å². The van der Waals surface area contributed by atoms with Gasteiger partial charge < -0.3 is 19.5 Å². The van der Waals surface area contributed by atoms with Gasteiger partial charge >= 0.3 is 0 Å². The molecule has 1 heterocycles. The van der Waals surface area contributed by atoms with Crippen molar-refractivity contribution in [1.29, 1.82) is 0 Å². The third-order valence-electron chi connectivity index (χ3n) is 5.17. The van der Waals surface area contributed by atoms with Crippen molar-refractivity contribution in [3.05, 3.63) is 41.4 Å². The SMILES string of the molecule is COc1ccc(Cl)cc1NC(=O)[C@H]1CCCN(S(=O)(=O)c2ccc(OC)c(OC)c2)C1. The molecule has 2 aromatic carbocycles. The summed E-state index contributed by atoms with van der Waals surface area (Å²) in [7, 11) is 0.616. The molecule has 3 rings (SSSR count). The lowest BCUT2D eigenvalue weighted by Crippen LogP contribution is -2.43. The minimum absolute atomic E-state index is 0.0748. The van der Waals surface area contributed by atoms with Crippen molar-refractivity contribution in [2.75, 3.05) is 39.7 Å². The molecular formula is C21H25ClN2O6S. The normalized spacial score (nSPS) is 17.1. The van der Waals surface area contributed by atoms with E-state index in [-0.39, 0.29) is 17.3 Å². The van der Waals surface area contributed by atoms with Gasteiger partial charge in [0.05, 0.1) is 37.8 Å². The molecule has 0 saturated carbocycles. The van der Waals surface area contributed by atoms with Crippen LogP contribution >= 0.6 is 11.6 Å². The summed E-state index contributed by atoms with van der Waals surface area (Å²) >= 11 is 6.03. The van der Waals surface area contributed by atoms with Gasteiger partial charge in [-0.2, -0.15) is 4.31 Å². The van der Waals surface area contributed by atoms with Crippen molar-refractivity contribution in [3.63, 3.8) is 0 Å². The Labute approximate surface area is 187 Å². The fourth-order valence-corrected chi connectivity index (χ4v) is 5.23. The molecule has 1 saturated heterocycles. The molecule has 0 unspecified atom stereocenters. The highest BCUT2D eigenvalue weighted by Gasteiger charge is 2.34. The molecule has 1 N–H and O–H groups in total. The number of piperidine rings is 1. The Morgan fingerprint density at radius 2 is 1.71 bits per heavy atom. The van der Waals surface area contributed by atoms with Gasteiger partial charge in [0.2, 0.25) is 15.9 Å². The molecule has 1 aliphatic heterocycles.